The number of ketones is 2. The molecule has 0 saturated heterocycles. The number of rotatable bonds is 7. The first-order chi connectivity index (χ1) is 23.6. The first kappa shape index (κ1) is 37.8. The van der Waals surface area contributed by atoms with Gasteiger partial charge in [-0.2, -0.15) is 0 Å². The van der Waals surface area contributed by atoms with E-state index in [0.717, 1.165) is 57.6 Å². The molecular formula is C42H30Br4O3. The van der Waals surface area contributed by atoms with Crippen LogP contribution in [0.15, 0.2) is 170 Å². The number of aldehydes is 1. The van der Waals surface area contributed by atoms with Crippen LogP contribution in [0.3, 0.4) is 0 Å². The van der Waals surface area contributed by atoms with E-state index >= 15 is 0 Å². The Bertz CT molecular complexity index is 2000. The van der Waals surface area contributed by atoms with Crippen LogP contribution in [0.4, 0.5) is 0 Å². The van der Waals surface area contributed by atoms with Gasteiger partial charge in [0, 0.05) is 34.6 Å². The lowest BCUT2D eigenvalue weighted by molar-refractivity contribution is 0.101. The SMILES string of the molecule is CC(=O)c1ccc(-c2ccc(Br)cc2)cc1.O=C(/C=C/c1ccc(Br)cc1)c1ccc(-c2ccc(Br)cc2)cc1.O=Cc1ccc(Br)cc1. The maximum atomic E-state index is 12.3. The van der Waals surface area contributed by atoms with E-state index in [9.17, 15) is 14.4 Å². The molecule has 6 rings (SSSR count). The zero-order valence-corrected chi connectivity index (χ0v) is 32.7. The Labute approximate surface area is 320 Å². The first-order valence-electron chi connectivity index (χ1n) is 15.0. The molecule has 6 aromatic rings. The van der Waals surface area contributed by atoms with E-state index in [1.807, 2.05) is 140 Å². The summed E-state index contributed by atoms with van der Waals surface area (Å²) < 4.78 is 4.13. The van der Waals surface area contributed by atoms with Crippen LogP contribution in [0, 0.1) is 0 Å². The number of allylic oxidation sites excluding steroid dienone is 1. The monoisotopic (exact) mass is 898 g/mol. The molecule has 0 bridgehead atoms. The summed E-state index contributed by atoms with van der Waals surface area (Å²) in [4.78, 5) is 33.5. The average molecular weight is 902 g/mol. The third kappa shape index (κ3) is 12.4. The van der Waals surface area contributed by atoms with Gasteiger partial charge in [0.05, 0.1) is 0 Å². The maximum Gasteiger partial charge on any atom is 0.185 e. The van der Waals surface area contributed by atoms with Crippen molar-refractivity contribution < 1.29 is 14.4 Å². The van der Waals surface area contributed by atoms with Crippen molar-refractivity contribution in [1.29, 1.82) is 0 Å². The Hall–Kier alpha value is -4.01. The van der Waals surface area contributed by atoms with Crippen LogP contribution in [0.1, 0.15) is 43.6 Å². The summed E-state index contributed by atoms with van der Waals surface area (Å²) in [7, 11) is 0. The minimum atomic E-state index is 0.000255. The molecule has 0 heterocycles. The number of Topliss-reactive ketones (excluding diaryl/α,β-unsaturated/α-hetero) is 1. The zero-order chi connectivity index (χ0) is 35.2. The van der Waals surface area contributed by atoms with Crippen LogP contribution < -0.4 is 0 Å². The van der Waals surface area contributed by atoms with E-state index in [1.165, 1.54) is 0 Å². The van der Waals surface area contributed by atoms with Gasteiger partial charge in [0.1, 0.15) is 6.29 Å². The summed E-state index contributed by atoms with van der Waals surface area (Å²) in [5.74, 6) is 0.0997. The van der Waals surface area contributed by atoms with E-state index in [-0.39, 0.29) is 11.6 Å². The molecular weight excluding hydrogens is 872 g/mol. The Kier molecular flexibility index (Phi) is 14.8. The molecule has 0 amide bonds. The predicted molar refractivity (Wildman–Crippen MR) is 216 cm³/mol. The van der Waals surface area contributed by atoms with Gasteiger partial charge in [-0.25, -0.2) is 0 Å². The molecule has 0 N–H and O–H groups in total. The molecule has 7 heteroatoms. The lowest BCUT2D eigenvalue weighted by atomic mass is 10.0. The highest BCUT2D eigenvalue weighted by Gasteiger charge is 2.04. The van der Waals surface area contributed by atoms with Crippen molar-refractivity contribution in [3.63, 3.8) is 0 Å². The molecule has 244 valence electrons. The number of benzene rings is 6. The molecule has 6 aromatic carbocycles. The van der Waals surface area contributed by atoms with Crippen LogP contribution in [0.2, 0.25) is 0 Å². The molecule has 0 aliphatic heterocycles. The molecule has 0 aromatic heterocycles. The topological polar surface area (TPSA) is 51.2 Å². The van der Waals surface area contributed by atoms with Gasteiger partial charge < -0.3 is 0 Å². The summed E-state index contributed by atoms with van der Waals surface area (Å²) in [5.41, 5.74) is 7.63. The molecule has 0 unspecified atom stereocenters. The van der Waals surface area contributed by atoms with E-state index < -0.39 is 0 Å². The lowest BCUT2D eigenvalue weighted by Crippen LogP contribution is -1.93. The highest BCUT2D eigenvalue weighted by atomic mass is 79.9. The fourth-order valence-electron chi connectivity index (χ4n) is 4.39. The highest BCUT2D eigenvalue weighted by molar-refractivity contribution is 9.11. The smallest absolute Gasteiger partial charge is 0.185 e. The minimum Gasteiger partial charge on any atom is -0.298 e. The highest BCUT2D eigenvalue weighted by Crippen LogP contribution is 2.24. The predicted octanol–water partition coefficient (Wildman–Crippen LogP) is 13.4. The van der Waals surface area contributed by atoms with Crippen LogP contribution in [-0.2, 0) is 0 Å². The standard InChI is InChI=1S/C21H14Br2O.C14H11BrO.C7H5BrO/c22-19-10-1-15(2-11-19)3-14-21(24)18-6-4-16(5-7-18)17-8-12-20(23)13-9-17;1-10(16)11-2-4-12(5-3-11)13-6-8-14(15)9-7-13;8-7-3-1-6(5-9)2-4-7/h1-14H;2-9H,1H3;1-5H/b14-3+;;. The lowest BCUT2D eigenvalue weighted by Gasteiger charge is -2.03. The molecule has 0 radical (unpaired) electrons. The Morgan fingerprint density at radius 1 is 0.429 bits per heavy atom. The van der Waals surface area contributed by atoms with Crippen LogP contribution >= 0.6 is 63.7 Å². The second kappa shape index (κ2) is 19.2. The fraction of sp³-hybridized carbons (Fsp3) is 0.0238. The normalized spacial score (nSPS) is 10.3. The van der Waals surface area contributed by atoms with Gasteiger partial charge in [-0.15, -0.1) is 0 Å². The van der Waals surface area contributed by atoms with Crippen molar-refractivity contribution in [2.45, 2.75) is 6.92 Å². The quantitative estimate of drug-likeness (QED) is 0.0911. The number of halogens is 4. The Balaban J connectivity index is 0.000000185. The molecule has 0 spiro atoms. The van der Waals surface area contributed by atoms with Crippen LogP contribution in [0.5, 0.6) is 0 Å². The number of hydrogen-bond acceptors (Lipinski definition) is 3. The molecule has 0 fully saturated rings. The van der Waals surface area contributed by atoms with Gasteiger partial charge in [-0.05, 0) is 89.3 Å². The van der Waals surface area contributed by atoms with Gasteiger partial charge in [0.15, 0.2) is 11.6 Å². The molecule has 0 aliphatic rings. The number of carbonyl (C=O) groups is 3. The van der Waals surface area contributed by atoms with E-state index in [0.29, 0.717) is 11.1 Å². The Morgan fingerprint density at radius 2 is 0.735 bits per heavy atom. The maximum absolute atomic E-state index is 12.3. The van der Waals surface area contributed by atoms with Crippen molar-refractivity contribution >= 4 is 87.6 Å². The van der Waals surface area contributed by atoms with E-state index in [4.69, 9.17) is 0 Å². The summed E-state index contributed by atoms with van der Waals surface area (Å²) in [5, 5.41) is 0. The van der Waals surface area contributed by atoms with E-state index in [1.54, 1.807) is 25.1 Å². The summed E-state index contributed by atoms with van der Waals surface area (Å²) in [6.07, 6.45) is 4.27. The van der Waals surface area contributed by atoms with Crippen molar-refractivity contribution in [2.24, 2.45) is 0 Å². The van der Waals surface area contributed by atoms with Crippen molar-refractivity contribution in [3.05, 3.63) is 192 Å². The average Bonchev–Trinajstić information content (AvgIpc) is 3.13. The third-order valence-corrected chi connectivity index (χ3v) is 9.23. The van der Waals surface area contributed by atoms with Gasteiger partial charge in [0.2, 0.25) is 0 Å². The van der Waals surface area contributed by atoms with Gasteiger partial charge in [-0.1, -0.05) is 167 Å². The summed E-state index contributed by atoms with van der Waals surface area (Å²) in [6.45, 7) is 1.58. The minimum absolute atomic E-state index is 0.000255. The van der Waals surface area contributed by atoms with Crippen molar-refractivity contribution in [2.75, 3.05) is 0 Å². The first-order valence-corrected chi connectivity index (χ1v) is 18.2. The van der Waals surface area contributed by atoms with Gasteiger partial charge >= 0.3 is 0 Å². The van der Waals surface area contributed by atoms with Gasteiger partial charge in [-0.3, -0.25) is 14.4 Å². The third-order valence-electron chi connectivity index (χ3n) is 7.12. The zero-order valence-electron chi connectivity index (χ0n) is 26.3. The fourth-order valence-corrected chi connectivity index (χ4v) is 5.45. The summed E-state index contributed by atoms with van der Waals surface area (Å²) in [6, 6.07) is 46.6. The van der Waals surface area contributed by atoms with Crippen molar-refractivity contribution in [1.82, 2.24) is 0 Å². The second-order valence-corrected chi connectivity index (χ2v) is 14.3. The molecule has 49 heavy (non-hydrogen) atoms. The van der Waals surface area contributed by atoms with Crippen molar-refractivity contribution in [3.8, 4) is 22.3 Å². The molecule has 0 saturated carbocycles. The molecule has 0 aliphatic carbocycles. The Morgan fingerprint density at radius 3 is 1.08 bits per heavy atom. The van der Waals surface area contributed by atoms with E-state index in [2.05, 4.69) is 63.7 Å². The second-order valence-electron chi connectivity index (χ2n) is 10.6. The number of carbonyl (C=O) groups excluding carboxylic acids is 3. The number of hydrogen-bond donors (Lipinski definition) is 0. The molecule has 3 nitrogen and oxygen atoms in total. The molecule has 0 atom stereocenters. The van der Waals surface area contributed by atoms with Gasteiger partial charge in [0.25, 0.3) is 0 Å². The van der Waals surface area contributed by atoms with Crippen LogP contribution in [0.25, 0.3) is 28.3 Å². The van der Waals surface area contributed by atoms with Crippen LogP contribution in [-0.4, -0.2) is 17.9 Å². The largest absolute Gasteiger partial charge is 0.298 e. The summed E-state index contributed by atoms with van der Waals surface area (Å²) >= 11 is 13.5.